The number of ether oxygens (including phenoxy) is 1. The maximum Gasteiger partial charge on any atom is 0.282 e. The quantitative estimate of drug-likeness (QED) is 0.650. The Bertz CT molecular complexity index is 914. The van der Waals surface area contributed by atoms with E-state index < -0.39 is 17.6 Å². The first-order chi connectivity index (χ1) is 11.9. The summed E-state index contributed by atoms with van der Waals surface area (Å²) >= 11 is 5.71. The van der Waals surface area contributed by atoms with Gasteiger partial charge in [-0.15, -0.1) is 0 Å². The second-order valence-corrected chi connectivity index (χ2v) is 5.54. The molecule has 3 rings (SSSR count). The van der Waals surface area contributed by atoms with Crippen molar-refractivity contribution in [1.82, 2.24) is 5.43 Å². The van der Waals surface area contributed by atoms with Crippen LogP contribution in [-0.2, 0) is 9.59 Å². The number of carbonyl (C=O) groups excluding carboxylic acids is 2. The average Bonchev–Trinajstić information content (AvgIpc) is 2.87. The minimum atomic E-state index is -0.660. The lowest BCUT2D eigenvalue weighted by Gasteiger charge is -2.14. The highest BCUT2D eigenvalue weighted by Crippen LogP contribution is 2.32. The minimum absolute atomic E-state index is 0.178. The maximum absolute atomic E-state index is 13.3. The standard InChI is InChI=1S/C17H12ClFN2O4/c1-25-14-4-2-3-9(15(14)22)7-11-16(23)20-21(17(11)24)10-5-6-13(19)12(18)8-10/h2-8,22H,1H3,(H,20,23). The number of hydrazine groups is 1. The predicted octanol–water partition coefficient (Wildman–Crippen LogP) is 2.65. The van der Waals surface area contributed by atoms with Crippen molar-refractivity contribution in [1.29, 1.82) is 0 Å². The molecule has 2 amide bonds. The fourth-order valence-corrected chi connectivity index (χ4v) is 2.51. The Balaban J connectivity index is 1.98. The largest absolute Gasteiger partial charge is 0.504 e. The molecule has 1 heterocycles. The van der Waals surface area contributed by atoms with E-state index in [0.29, 0.717) is 0 Å². The summed E-state index contributed by atoms with van der Waals surface area (Å²) in [6.07, 6.45) is 1.25. The molecule has 0 unspecified atom stereocenters. The van der Waals surface area contributed by atoms with Gasteiger partial charge in [0.25, 0.3) is 11.8 Å². The Morgan fingerprint density at radius 3 is 2.72 bits per heavy atom. The SMILES string of the molecule is COc1cccc(C=C2C(=O)NN(c3ccc(F)c(Cl)c3)C2=O)c1O. The molecule has 1 fully saturated rings. The van der Waals surface area contributed by atoms with Crippen molar-refractivity contribution in [3.8, 4) is 11.5 Å². The first-order valence-electron chi connectivity index (χ1n) is 7.10. The Morgan fingerprint density at radius 2 is 2.04 bits per heavy atom. The van der Waals surface area contributed by atoms with Crippen molar-refractivity contribution in [2.24, 2.45) is 0 Å². The van der Waals surface area contributed by atoms with E-state index >= 15 is 0 Å². The Kier molecular flexibility index (Phi) is 4.33. The minimum Gasteiger partial charge on any atom is -0.504 e. The number of nitrogens with zero attached hydrogens (tertiary/aromatic N) is 1. The predicted molar refractivity (Wildman–Crippen MR) is 89.7 cm³/mol. The van der Waals surface area contributed by atoms with Crippen LogP contribution in [0.25, 0.3) is 6.08 Å². The normalized spacial score (nSPS) is 15.6. The maximum atomic E-state index is 13.3. The number of amides is 2. The Morgan fingerprint density at radius 1 is 1.28 bits per heavy atom. The third-order valence-electron chi connectivity index (χ3n) is 3.60. The molecular formula is C17H12ClFN2O4. The molecule has 8 heteroatoms. The second kappa shape index (κ2) is 6.45. The average molecular weight is 363 g/mol. The molecule has 0 radical (unpaired) electrons. The molecule has 25 heavy (non-hydrogen) atoms. The number of phenols is 1. The highest BCUT2D eigenvalue weighted by Gasteiger charge is 2.35. The number of phenolic OH excluding ortho intramolecular Hbond substituents is 1. The monoisotopic (exact) mass is 362 g/mol. The number of benzene rings is 2. The van der Waals surface area contributed by atoms with Crippen LogP contribution in [0.5, 0.6) is 11.5 Å². The van der Waals surface area contributed by atoms with E-state index in [1.54, 1.807) is 12.1 Å². The molecule has 0 bridgehead atoms. The zero-order valence-electron chi connectivity index (χ0n) is 12.9. The molecule has 0 aromatic heterocycles. The van der Waals surface area contributed by atoms with E-state index in [2.05, 4.69) is 5.43 Å². The lowest BCUT2D eigenvalue weighted by atomic mass is 10.1. The van der Waals surface area contributed by atoms with Gasteiger partial charge in [-0.2, -0.15) is 0 Å². The van der Waals surface area contributed by atoms with Gasteiger partial charge in [0.05, 0.1) is 17.8 Å². The van der Waals surface area contributed by atoms with Gasteiger partial charge >= 0.3 is 0 Å². The van der Waals surface area contributed by atoms with Crippen LogP contribution in [-0.4, -0.2) is 24.0 Å². The molecule has 128 valence electrons. The summed E-state index contributed by atoms with van der Waals surface area (Å²) in [6, 6.07) is 8.31. The van der Waals surface area contributed by atoms with Crippen LogP contribution in [0.3, 0.4) is 0 Å². The summed E-state index contributed by atoms with van der Waals surface area (Å²) in [4.78, 5) is 24.6. The van der Waals surface area contributed by atoms with Gasteiger partial charge in [0.15, 0.2) is 11.5 Å². The fourth-order valence-electron chi connectivity index (χ4n) is 2.34. The van der Waals surface area contributed by atoms with Gasteiger partial charge in [0, 0.05) is 5.56 Å². The first-order valence-corrected chi connectivity index (χ1v) is 7.48. The number of hydrogen-bond donors (Lipinski definition) is 2. The van der Waals surface area contributed by atoms with E-state index in [1.165, 1.54) is 31.4 Å². The lowest BCUT2D eigenvalue weighted by Crippen LogP contribution is -2.35. The van der Waals surface area contributed by atoms with E-state index in [0.717, 1.165) is 11.1 Å². The number of carbonyl (C=O) groups is 2. The molecule has 6 nitrogen and oxygen atoms in total. The van der Waals surface area contributed by atoms with Crippen LogP contribution in [0.4, 0.5) is 10.1 Å². The third-order valence-corrected chi connectivity index (χ3v) is 3.89. The van der Waals surface area contributed by atoms with Crippen molar-refractivity contribution in [3.63, 3.8) is 0 Å². The van der Waals surface area contributed by atoms with Crippen molar-refractivity contribution in [3.05, 3.63) is 58.4 Å². The van der Waals surface area contributed by atoms with Crippen LogP contribution in [0.15, 0.2) is 42.0 Å². The summed E-state index contributed by atoms with van der Waals surface area (Å²) in [5.41, 5.74) is 2.64. The van der Waals surface area contributed by atoms with Crippen LogP contribution >= 0.6 is 11.6 Å². The number of rotatable bonds is 3. The molecule has 2 aromatic rings. The topological polar surface area (TPSA) is 78.9 Å². The molecule has 1 aliphatic heterocycles. The third kappa shape index (κ3) is 3.01. The first kappa shape index (κ1) is 16.8. The van der Waals surface area contributed by atoms with Crippen molar-refractivity contribution < 1.29 is 23.8 Å². The number of nitrogens with one attached hydrogen (secondary N) is 1. The number of halogens is 2. The molecule has 0 saturated carbocycles. The van der Waals surface area contributed by atoms with Gasteiger partial charge in [0.2, 0.25) is 0 Å². The number of para-hydroxylation sites is 1. The Labute approximate surface area is 147 Å². The number of methoxy groups -OCH3 is 1. The molecule has 1 aliphatic rings. The molecule has 0 aliphatic carbocycles. The summed E-state index contributed by atoms with van der Waals surface area (Å²) < 4.78 is 18.3. The molecular weight excluding hydrogens is 351 g/mol. The van der Waals surface area contributed by atoms with Gasteiger partial charge < -0.3 is 9.84 Å². The van der Waals surface area contributed by atoms with Crippen molar-refractivity contribution >= 4 is 35.2 Å². The highest BCUT2D eigenvalue weighted by molar-refractivity contribution is 6.33. The molecule has 1 saturated heterocycles. The van der Waals surface area contributed by atoms with Crippen LogP contribution in [0.1, 0.15) is 5.56 Å². The second-order valence-electron chi connectivity index (χ2n) is 5.14. The Hall–Kier alpha value is -3.06. The van der Waals surface area contributed by atoms with Gasteiger partial charge in [-0.05, 0) is 30.3 Å². The molecule has 2 N–H and O–H groups in total. The summed E-state index contributed by atoms with van der Waals surface area (Å²) in [6.45, 7) is 0. The van der Waals surface area contributed by atoms with E-state index in [9.17, 15) is 19.1 Å². The highest BCUT2D eigenvalue weighted by atomic mass is 35.5. The number of aromatic hydroxyl groups is 1. The zero-order chi connectivity index (χ0) is 18.1. The van der Waals surface area contributed by atoms with Crippen molar-refractivity contribution in [2.75, 3.05) is 12.1 Å². The van der Waals surface area contributed by atoms with Crippen molar-refractivity contribution in [2.45, 2.75) is 0 Å². The van der Waals surface area contributed by atoms with Gasteiger partial charge in [-0.25, -0.2) is 9.40 Å². The smallest absolute Gasteiger partial charge is 0.282 e. The van der Waals surface area contributed by atoms with Gasteiger partial charge in [0.1, 0.15) is 11.4 Å². The molecule has 0 atom stereocenters. The molecule has 0 spiro atoms. The van der Waals surface area contributed by atoms with E-state index in [4.69, 9.17) is 16.3 Å². The van der Waals surface area contributed by atoms with Crippen LogP contribution < -0.4 is 15.2 Å². The van der Waals surface area contributed by atoms with Gasteiger partial charge in [-0.3, -0.25) is 15.0 Å². The summed E-state index contributed by atoms with van der Waals surface area (Å²) in [5.74, 6) is -1.94. The van der Waals surface area contributed by atoms with Gasteiger partial charge in [-0.1, -0.05) is 23.7 Å². The summed E-state index contributed by atoms with van der Waals surface area (Å²) in [5, 5.41) is 10.9. The molecule has 2 aromatic carbocycles. The lowest BCUT2D eigenvalue weighted by molar-refractivity contribution is -0.117. The van der Waals surface area contributed by atoms with E-state index in [-0.39, 0.29) is 33.3 Å². The van der Waals surface area contributed by atoms with Crippen LogP contribution in [0, 0.1) is 5.82 Å². The van der Waals surface area contributed by atoms with E-state index in [1.807, 2.05) is 0 Å². The van der Waals surface area contributed by atoms with Crippen LogP contribution in [0.2, 0.25) is 5.02 Å². The zero-order valence-corrected chi connectivity index (χ0v) is 13.7. The summed E-state index contributed by atoms with van der Waals surface area (Å²) in [7, 11) is 1.39. The number of hydrogen-bond acceptors (Lipinski definition) is 4. The fraction of sp³-hybridized carbons (Fsp3) is 0.0588. The number of anilines is 1.